The Bertz CT molecular complexity index is 393. The molecule has 1 aliphatic carbocycles. The first-order chi connectivity index (χ1) is 10.3. The highest BCUT2D eigenvalue weighted by molar-refractivity contribution is 7.09. The normalized spacial score (nSPS) is 16.7. The van der Waals surface area contributed by atoms with E-state index in [-0.39, 0.29) is 6.61 Å². The van der Waals surface area contributed by atoms with E-state index >= 15 is 0 Å². The summed E-state index contributed by atoms with van der Waals surface area (Å²) in [5.41, 5.74) is 1.00. The maximum atomic E-state index is 9.27. The van der Waals surface area contributed by atoms with Gasteiger partial charge in [-0.1, -0.05) is 19.3 Å². The molecule has 0 saturated heterocycles. The average Bonchev–Trinajstić information content (AvgIpc) is 2.99. The van der Waals surface area contributed by atoms with Crippen LogP contribution in [-0.4, -0.2) is 40.7 Å². The molecule has 0 unspecified atom stereocenters. The van der Waals surface area contributed by atoms with E-state index < -0.39 is 0 Å². The summed E-state index contributed by atoms with van der Waals surface area (Å²) >= 11 is 7.50. The SMILES string of the molecule is OCCN(CCCCc1nc(CCl)cs1)C1CCCCC1. The minimum atomic E-state index is 0.280. The number of alkyl halides is 1. The first-order valence-corrected chi connectivity index (χ1v) is 9.59. The summed E-state index contributed by atoms with van der Waals surface area (Å²) in [6.07, 6.45) is 10.1. The largest absolute Gasteiger partial charge is 0.395 e. The first kappa shape index (κ1) is 17.2. The number of hydrogen-bond acceptors (Lipinski definition) is 4. The molecule has 120 valence electrons. The number of aliphatic hydroxyl groups is 1. The van der Waals surface area contributed by atoms with Crippen LogP contribution < -0.4 is 0 Å². The van der Waals surface area contributed by atoms with Crippen molar-refractivity contribution in [1.29, 1.82) is 0 Å². The van der Waals surface area contributed by atoms with Crippen molar-refractivity contribution in [3.05, 3.63) is 16.1 Å². The Hall–Kier alpha value is -0.160. The highest BCUT2D eigenvalue weighted by atomic mass is 35.5. The third-order valence-electron chi connectivity index (χ3n) is 4.30. The zero-order valence-corrected chi connectivity index (χ0v) is 14.3. The van der Waals surface area contributed by atoms with Gasteiger partial charge in [-0.15, -0.1) is 22.9 Å². The van der Waals surface area contributed by atoms with Crippen LogP contribution in [0.3, 0.4) is 0 Å². The molecule has 3 nitrogen and oxygen atoms in total. The monoisotopic (exact) mass is 330 g/mol. The fourth-order valence-corrected chi connectivity index (χ4v) is 4.24. The van der Waals surface area contributed by atoms with Gasteiger partial charge in [0, 0.05) is 18.0 Å². The molecule has 0 aromatic carbocycles. The summed E-state index contributed by atoms with van der Waals surface area (Å²) in [6, 6.07) is 0.702. The van der Waals surface area contributed by atoms with Gasteiger partial charge in [0.2, 0.25) is 0 Å². The van der Waals surface area contributed by atoms with Crippen molar-refractivity contribution in [2.24, 2.45) is 0 Å². The van der Waals surface area contributed by atoms with E-state index in [1.54, 1.807) is 11.3 Å². The predicted molar refractivity (Wildman–Crippen MR) is 90.1 cm³/mol. The summed E-state index contributed by atoms with van der Waals surface area (Å²) in [5.74, 6) is 0.516. The highest BCUT2D eigenvalue weighted by Gasteiger charge is 2.20. The summed E-state index contributed by atoms with van der Waals surface area (Å²) in [7, 11) is 0. The van der Waals surface area contributed by atoms with E-state index in [2.05, 4.69) is 15.3 Å². The molecule has 5 heteroatoms. The van der Waals surface area contributed by atoms with E-state index in [1.807, 2.05) is 0 Å². The van der Waals surface area contributed by atoms with Crippen LogP contribution in [0.2, 0.25) is 0 Å². The van der Waals surface area contributed by atoms with Crippen molar-refractivity contribution in [3.63, 3.8) is 0 Å². The molecule has 1 heterocycles. The molecule has 0 bridgehead atoms. The molecule has 1 aromatic heterocycles. The second-order valence-electron chi connectivity index (χ2n) is 5.87. The second kappa shape index (κ2) is 9.78. The molecule has 1 saturated carbocycles. The lowest BCUT2D eigenvalue weighted by atomic mass is 9.94. The van der Waals surface area contributed by atoms with E-state index in [0.29, 0.717) is 11.9 Å². The Balaban J connectivity index is 1.68. The predicted octanol–water partition coefficient (Wildman–Crippen LogP) is 3.83. The molecule has 1 aromatic rings. The zero-order valence-electron chi connectivity index (χ0n) is 12.8. The van der Waals surface area contributed by atoms with E-state index in [9.17, 15) is 5.11 Å². The number of aryl methyl sites for hydroxylation is 1. The lowest BCUT2D eigenvalue weighted by molar-refractivity contribution is 0.122. The number of thiazole rings is 1. The quantitative estimate of drug-likeness (QED) is 0.552. The Morgan fingerprint density at radius 1 is 1.24 bits per heavy atom. The maximum absolute atomic E-state index is 9.27. The third-order valence-corrected chi connectivity index (χ3v) is 5.53. The zero-order chi connectivity index (χ0) is 14.9. The molecule has 0 amide bonds. The summed E-state index contributed by atoms with van der Waals surface area (Å²) in [4.78, 5) is 7.01. The van der Waals surface area contributed by atoms with Gasteiger partial charge in [-0.05, 0) is 38.6 Å². The summed E-state index contributed by atoms with van der Waals surface area (Å²) < 4.78 is 0. The topological polar surface area (TPSA) is 36.4 Å². The van der Waals surface area contributed by atoms with Gasteiger partial charge in [0.1, 0.15) is 0 Å². The number of aromatic nitrogens is 1. The maximum Gasteiger partial charge on any atom is 0.0928 e. The van der Waals surface area contributed by atoms with Crippen LogP contribution >= 0.6 is 22.9 Å². The smallest absolute Gasteiger partial charge is 0.0928 e. The molecule has 0 atom stereocenters. The van der Waals surface area contributed by atoms with Crippen LogP contribution in [0.1, 0.15) is 55.6 Å². The van der Waals surface area contributed by atoms with Gasteiger partial charge < -0.3 is 5.11 Å². The molecule has 0 spiro atoms. The van der Waals surface area contributed by atoms with E-state index in [4.69, 9.17) is 11.6 Å². The van der Waals surface area contributed by atoms with Gasteiger partial charge in [0.15, 0.2) is 0 Å². The average molecular weight is 331 g/mol. The molecule has 2 rings (SSSR count). The fraction of sp³-hybridized carbons (Fsp3) is 0.812. The van der Waals surface area contributed by atoms with Crippen LogP contribution in [0.4, 0.5) is 0 Å². The Morgan fingerprint density at radius 2 is 2.05 bits per heavy atom. The van der Waals surface area contributed by atoms with Crippen molar-refractivity contribution in [1.82, 2.24) is 9.88 Å². The lowest BCUT2D eigenvalue weighted by Gasteiger charge is -2.34. The number of unbranched alkanes of at least 4 members (excludes halogenated alkanes) is 1. The van der Waals surface area contributed by atoms with Crippen LogP contribution in [0.15, 0.2) is 5.38 Å². The van der Waals surface area contributed by atoms with Crippen molar-refractivity contribution in [2.75, 3.05) is 19.7 Å². The van der Waals surface area contributed by atoms with Crippen molar-refractivity contribution in [3.8, 4) is 0 Å². The number of halogens is 1. The van der Waals surface area contributed by atoms with Crippen LogP contribution in [-0.2, 0) is 12.3 Å². The first-order valence-electron chi connectivity index (χ1n) is 8.17. The van der Waals surface area contributed by atoms with Crippen LogP contribution in [0.5, 0.6) is 0 Å². The van der Waals surface area contributed by atoms with E-state index in [0.717, 1.165) is 25.2 Å². The molecular formula is C16H27ClN2OS. The summed E-state index contributed by atoms with van der Waals surface area (Å²) in [5, 5.41) is 12.5. The fourth-order valence-electron chi connectivity index (χ4n) is 3.17. The van der Waals surface area contributed by atoms with Crippen molar-refractivity contribution < 1.29 is 5.11 Å². The molecule has 1 fully saturated rings. The highest BCUT2D eigenvalue weighted by Crippen LogP contribution is 2.23. The molecule has 1 aliphatic rings. The van der Waals surface area contributed by atoms with Gasteiger partial charge in [0.05, 0.1) is 23.2 Å². The van der Waals surface area contributed by atoms with Gasteiger partial charge in [-0.2, -0.15) is 0 Å². The van der Waals surface area contributed by atoms with Crippen molar-refractivity contribution in [2.45, 2.75) is 63.3 Å². The number of aliphatic hydroxyl groups excluding tert-OH is 1. The van der Waals surface area contributed by atoms with Crippen LogP contribution in [0, 0.1) is 0 Å². The van der Waals surface area contributed by atoms with Crippen LogP contribution in [0.25, 0.3) is 0 Å². The molecule has 0 radical (unpaired) electrons. The summed E-state index contributed by atoms with van der Waals surface area (Å²) in [6.45, 7) is 2.22. The standard InChI is InChI=1S/C16H27ClN2OS/c17-12-14-13-21-16(18-14)8-4-5-9-19(10-11-20)15-6-2-1-3-7-15/h13,15,20H,1-12H2. The Morgan fingerprint density at radius 3 is 2.71 bits per heavy atom. The number of nitrogens with zero attached hydrogens (tertiary/aromatic N) is 2. The second-order valence-corrected chi connectivity index (χ2v) is 7.08. The Kier molecular flexibility index (Phi) is 8.01. The minimum Gasteiger partial charge on any atom is -0.395 e. The van der Waals surface area contributed by atoms with Gasteiger partial charge >= 0.3 is 0 Å². The molecular weight excluding hydrogens is 304 g/mol. The van der Waals surface area contributed by atoms with Gasteiger partial charge in [0.25, 0.3) is 0 Å². The van der Waals surface area contributed by atoms with Crippen molar-refractivity contribution >= 4 is 22.9 Å². The molecule has 0 aliphatic heterocycles. The van der Waals surface area contributed by atoms with Gasteiger partial charge in [-0.3, -0.25) is 4.90 Å². The third kappa shape index (κ3) is 5.85. The molecule has 1 N–H and O–H groups in total. The number of rotatable bonds is 9. The van der Waals surface area contributed by atoms with Gasteiger partial charge in [-0.25, -0.2) is 4.98 Å². The lowest BCUT2D eigenvalue weighted by Crippen LogP contribution is -2.39. The van der Waals surface area contributed by atoms with E-state index in [1.165, 1.54) is 50.0 Å². The minimum absolute atomic E-state index is 0.280. The number of hydrogen-bond donors (Lipinski definition) is 1. The molecule has 21 heavy (non-hydrogen) atoms. The Labute approximate surface area is 137 Å².